The first-order chi connectivity index (χ1) is 10.6. The fourth-order valence-corrected chi connectivity index (χ4v) is 2.83. The van der Waals surface area contributed by atoms with Crippen LogP contribution in [-0.4, -0.2) is 29.4 Å². The van der Waals surface area contributed by atoms with Gasteiger partial charge in [0.05, 0.1) is 11.4 Å². The van der Waals surface area contributed by atoms with Crippen LogP contribution >= 0.6 is 0 Å². The number of aromatic nitrogens is 2. The third-order valence-corrected chi connectivity index (χ3v) is 4.22. The molecule has 4 heteroatoms. The molecule has 1 N–H and O–H groups in total. The van der Waals surface area contributed by atoms with Crippen molar-refractivity contribution in [3.8, 4) is 5.69 Å². The second kappa shape index (κ2) is 7.45. The van der Waals surface area contributed by atoms with Crippen LogP contribution in [0, 0.1) is 13.8 Å². The van der Waals surface area contributed by atoms with Crippen LogP contribution in [0.25, 0.3) is 5.69 Å². The molecule has 2 rings (SSSR count). The number of aryl methyl sites for hydroxylation is 1. The quantitative estimate of drug-likeness (QED) is 0.850. The Morgan fingerprint density at radius 3 is 2.23 bits per heavy atom. The Morgan fingerprint density at radius 2 is 1.68 bits per heavy atom. The molecule has 0 saturated heterocycles. The summed E-state index contributed by atoms with van der Waals surface area (Å²) in [7, 11) is 0. The second-order valence-corrected chi connectivity index (χ2v) is 5.53. The fraction of sp³-hybridized carbons (Fsp3) is 0.500. The smallest absolute Gasteiger partial charge is 0.0650 e. The van der Waals surface area contributed by atoms with E-state index in [1.807, 2.05) is 4.68 Å². The lowest BCUT2D eigenvalue weighted by Crippen LogP contribution is -2.21. The number of rotatable bonds is 7. The number of hydrogen-bond donors (Lipinski definition) is 1. The highest BCUT2D eigenvalue weighted by atomic mass is 15.3. The molecule has 0 aliphatic heterocycles. The molecule has 0 saturated carbocycles. The SMILES string of the molecule is CCNCc1c(C)nn(-c2ccc(N(CC)CC)cc2)c1C. The van der Waals surface area contributed by atoms with Gasteiger partial charge in [0, 0.05) is 36.6 Å². The Hall–Kier alpha value is -1.81. The van der Waals surface area contributed by atoms with Crippen molar-refractivity contribution >= 4 is 5.69 Å². The second-order valence-electron chi connectivity index (χ2n) is 5.53. The van der Waals surface area contributed by atoms with Gasteiger partial charge in [0.2, 0.25) is 0 Å². The highest BCUT2D eigenvalue weighted by molar-refractivity contribution is 5.51. The van der Waals surface area contributed by atoms with Crippen molar-refractivity contribution in [3.63, 3.8) is 0 Å². The van der Waals surface area contributed by atoms with Crippen LogP contribution in [0.4, 0.5) is 5.69 Å². The minimum Gasteiger partial charge on any atom is -0.372 e. The summed E-state index contributed by atoms with van der Waals surface area (Å²) in [5.41, 5.74) is 6.01. The molecule has 0 bridgehead atoms. The molecule has 0 atom stereocenters. The lowest BCUT2D eigenvalue weighted by atomic mass is 10.2. The molecule has 120 valence electrons. The molecule has 1 heterocycles. The van der Waals surface area contributed by atoms with E-state index in [0.717, 1.165) is 37.6 Å². The average molecular weight is 300 g/mol. The highest BCUT2D eigenvalue weighted by Gasteiger charge is 2.12. The first kappa shape index (κ1) is 16.6. The van der Waals surface area contributed by atoms with Crippen LogP contribution < -0.4 is 10.2 Å². The number of nitrogens with zero attached hydrogens (tertiary/aromatic N) is 3. The summed E-state index contributed by atoms with van der Waals surface area (Å²) >= 11 is 0. The van der Waals surface area contributed by atoms with Crippen LogP contribution in [0.5, 0.6) is 0 Å². The van der Waals surface area contributed by atoms with E-state index in [-0.39, 0.29) is 0 Å². The molecule has 0 amide bonds. The van der Waals surface area contributed by atoms with E-state index in [0.29, 0.717) is 0 Å². The van der Waals surface area contributed by atoms with E-state index in [4.69, 9.17) is 5.10 Å². The lowest BCUT2D eigenvalue weighted by molar-refractivity contribution is 0.719. The van der Waals surface area contributed by atoms with Gasteiger partial charge in [-0.05, 0) is 58.5 Å². The van der Waals surface area contributed by atoms with Gasteiger partial charge in [0.15, 0.2) is 0 Å². The van der Waals surface area contributed by atoms with E-state index in [2.05, 4.69) is 69.1 Å². The summed E-state index contributed by atoms with van der Waals surface area (Å²) in [6, 6.07) is 8.68. The molecular weight excluding hydrogens is 272 g/mol. The molecule has 0 fully saturated rings. The monoisotopic (exact) mass is 300 g/mol. The molecule has 0 radical (unpaired) electrons. The number of benzene rings is 1. The van der Waals surface area contributed by atoms with E-state index < -0.39 is 0 Å². The number of hydrogen-bond acceptors (Lipinski definition) is 3. The number of nitrogens with one attached hydrogen (secondary N) is 1. The van der Waals surface area contributed by atoms with Crippen LogP contribution in [0.1, 0.15) is 37.7 Å². The van der Waals surface area contributed by atoms with Gasteiger partial charge in [-0.3, -0.25) is 0 Å². The summed E-state index contributed by atoms with van der Waals surface area (Å²) in [6.07, 6.45) is 0. The molecule has 0 aliphatic rings. The van der Waals surface area contributed by atoms with E-state index >= 15 is 0 Å². The predicted octanol–water partition coefficient (Wildman–Crippen LogP) is 3.44. The van der Waals surface area contributed by atoms with Crippen molar-refractivity contribution in [2.45, 2.75) is 41.2 Å². The number of anilines is 1. The van der Waals surface area contributed by atoms with Gasteiger partial charge in [0.25, 0.3) is 0 Å². The molecule has 0 unspecified atom stereocenters. The van der Waals surface area contributed by atoms with Gasteiger partial charge in [-0.15, -0.1) is 0 Å². The van der Waals surface area contributed by atoms with Crippen molar-refractivity contribution in [2.24, 2.45) is 0 Å². The Labute approximate surface area is 134 Å². The summed E-state index contributed by atoms with van der Waals surface area (Å²) < 4.78 is 2.05. The van der Waals surface area contributed by atoms with Crippen LogP contribution in [0.15, 0.2) is 24.3 Å². The van der Waals surface area contributed by atoms with Gasteiger partial charge < -0.3 is 10.2 Å². The topological polar surface area (TPSA) is 33.1 Å². The average Bonchev–Trinajstić information content (AvgIpc) is 2.82. The maximum atomic E-state index is 4.71. The van der Waals surface area contributed by atoms with Crippen molar-refractivity contribution < 1.29 is 0 Å². The van der Waals surface area contributed by atoms with E-state index in [9.17, 15) is 0 Å². The summed E-state index contributed by atoms with van der Waals surface area (Å²) in [5, 5.41) is 8.10. The summed E-state index contributed by atoms with van der Waals surface area (Å²) in [6.45, 7) is 14.6. The highest BCUT2D eigenvalue weighted by Crippen LogP contribution is 2.21. The van der Waals surface area contributed by atoms with Crippen molar-refractivity contribution in [1.82, 2.24) is 15.1 Å². The maximum Gasteiger partial charge on any atom is 0.0650 e. The largest absolute Gasteiger partial charge is 0.372 e. The minimum absolute atomic E-state index is 0.881. The van der Waals surface area contributed by atoms with Gasteiger partial charge in [-0.1, -0.05) is 6.92 Å². The van der Waals surface area contributed by atoms with Crippen molar-refractivity contribution in [3.05, 3.63) is 41.2 Å². The van der Waals surface area contributed by atoms with Gasteiger partial charge >= 0.3 is 0 Å². The van der Waals surface area contributed by atoms with Crippen molar-refractivity contribution in [2.75, 3.05) is 24.5 Å². The van der Waals surface area contributed by atoms with Crippen LogP contribution in [0.2, 0.25) is 0 Å². The molecule has 22 heavy (non-hydrogen) atoms. The van der Waals surface area contributed by atoms with E-state index in [1.54, 1.807) is 0 Å². The van der Waals surface area contributed by atoms with Crippen LogP contribution in [-0.2, 0) is 6.54 Å². The zero-order chi connectivity index (χ0) is 16.1. The zero-order valence-electron chi connectivity index (χ0n) is 14.5. The van der Waals surface area contributed by atoms with Gasteiger partial charge in [0.1, 0.15) is 0 Å². The summed E-state index contributed by atoms with van der Waals surface area (Å²) in [5.74, 6) is 0. The Kier molecular flexibility index (Phi) is 5.61. The molecule has 2 aromatic rings. The third-order valence-electron chi connectivity index (χ3n) is 4.22. The third kappa shape index (κ3) is 3.33. The van der Waals surface area contributed by atoms with Gasteiger partial charge in [-0.2, -0.15) is 5.10 Å². The minimum atomic E-state index is 0.881. The summed E-state index contributed by atoms with van der Waals surface area (Å²) in [4.78, 5) is 2.35. The molecule has 1 aromatic carbocycles. The normalized spacial score (nSPS) is 11.0. The molecule has 0 aliphatic carbocycles. The molecule has 0 spiro atoms. The predicted molar refractivity (Wildman–Crippen MR) is 94.0 cm³/mol. The molecular formula is C18H28N4. The van der Waals surface area contributed by atoms with Crippen molar-refractivity contribution in [1.29, 1.82) is 0 Å². The maximum absolute atomic E-state index is 4.71. The molecule has 4 nitrogen and oxygen atoms in total. The first-order valence-corrected chi connectivity index (χ1v) is 8.23. The fourth-order valence-electron chi connectivity index (χ4n) is 2.83. The standard InChI is InChI=1S/C18H28N4/c1-6-19-13-18-14(4)20-22(15(18)5)17-11-9-16(10-12-17)21(7-2)8-3/h9-12,19H,6-8,13H2,1-5H3. The molecule has 1 aromatic heterocycles. The lowest BCUT2D eigenvalue weighted by Gasteiger charge is -2.21. The first-order valence-electron chi connectivity index (χ1n) is 8.23. The Morgan fingerprint density at radius 1 is 1.05 bits per heavy atom. The van der Waals surface area contributed by atoms with Gasteiger partial charge in [-0.25, -0.2) is 4.68 Å². The Balaban J connectivity index is 2.29. The zero-order valence-corrected chi connectivity index (χ0v) is 14.5. The van der Waals surface area contributed by atoms with E-state index in [1.165, 1.54) is 16.9 Å². The Bertz CT molecular complexity index is 594. The van der Waals surface area contributed by atoms with Crippen LogP contribution in [0.3, 0.4) is 0 Å².